The molecular formula is C24H30N4O4S. The van der Waals surface area contributed by atoms with E-state index in [4.69, 9.17) is 5.73 Å². The fourth-order valence-electron chi connectivity index (χ4n) is 3.70. The summed E-state index contributed by atoms with van der Waals surface area (Å²) in [5.41, 5.74) is 7.27. The summed E-state index contributed by atoms with van der Waals surface area (Å²) >= 11 is 0. The van der Waals surface area contributed by atoms with E-state index in [-0.39, 0.29) is 16.8 Å². The number of nitrogens with one attached hydrogen (secondary N) is 2. The summed E-state index contributed by atoms with van der Waals surface area (Å²) in [6.45, 7) is 2.98. The Morgan fingerprint density at radius 1 is 0.970 bits per heavy atom. The Morgan fingerprint density at radius 3 is 2.15 bits per heavy atom. The average Bonchev–Trinajstić information content (AvgIpc) is 3.08. The summed E-state index contributed by atoms with van der Waals surface area (Å²) in [6, 6.07) is 12.7. The van der Waals surface area contributed by atoms with E-state index in [1.54, 1.807) is 58.9 Å². The molecule has 33 heavy (non-hydrogen) atoms. The number of carbonyl (C=O) groups excluding carboxylic acids is 2. The van der Waals surface area contributed by atoms with Crippen molar-refractivity contribution in [3.05, 3.63) is 65.7 Å². The van der Waals surface area contributed by atoms with Crippen molar-refractivity contribution >= 4 is 33.7 Å². The van der Waals surface area contributed by atoms with Crippen LogP contribution >= 0.6 is 0 Å². The van der Waals surface area contributed by atoms with Crippen LogP contribution in [-0.2, 0) is 14.8 Å². The van der Waals surface area contributed by atoms with Gasteiger partial charge in [0.25, 0.3) is 0 Å². The zero-order valence-electron chi connectivity index (χ0n) is 18.7. The molecule has 1 fully saturated rings. The van der Waals surface area contributed by atoms with E-state index >= 15 is 0 Å². The molecule has 3 amide bonds. The molecule has 0 radical (unpaired) electrons. The molecule has 8 nitrogen and oxygen atoms in total. The van der Waals surface area contributed by atoms with Gasteiger partial charge in [-0.3, -0.25) is 4.79 Å². The quantitative estimate of drug-likeness (QED) is 0.535. The van der Waals surface area contributed by atoms with Crippen molar-refractivity contribution in [2.24, 2.45) is 5.73 Å². The molecule has 1 heterocycles. The number of anilines is 1. The Hall–Kier alpha value is -3.17. The van der Waals surface area contributed by atoms with Crippen molar-refractivity contribution in [1.82, 2.24) is 9.62 Å². The molecule has 1 unspecified atom stereocenters. The molecule has 2 aromatic rings. The molecule has 0 aromatic heterocycles. The van der Waals surface area contributed by atoms with E-state index < -0.39 is 16.1 Å². The highest BCUT2D eigenvalue weighted by Crippen LogP contribution is 2.21. The van der Waals surface area contributed by atoms with Gasteiger partial charge in [-0.2, -0.15) is 4.31 Å². The number of nitrogens with zero attached hydrogens (tertiary/aromatic N) is 1. The van der Waals surface area contributed by atoms with Gasteiger partial charge in [-0.15, -0.1) is 0 Å². The normalized spacial score (nSPS) is 16.2. The third kappa shape index (κ3) is 6.90. The van der Waals surface area contributed by atoms with Crippen molar-refractivity contribution in [1.29, 1.82) is 0 Å². The predicted octanol–water partition coefficient (Wildman–Crippen LogP) is 3.63. The summed E-state index contributed by atoms with van der Waals surface area (Å²) < 4.78 is 27.3. The molecule has 0 spiro atoms. The van der Waals surface area contributed by atoms with Gasteiger partial charge >= 0.3 is 6.03 Å². The third-order valence-electron chi connectivity index (χ3n) is 5.55. The van der Waals surface area contributed by atoms with Crippen LogP contribution < -0.4 is 16.4 Å². The molecule has 4 N–H and O–H groups in total. The second-order valence-electron chi connectivity index (χ2n) is 8.06. The number of amides is 3. The van der Waals surface area contributed by atoms with Gasteiger partial charge in [0.15, 0.2) is 0 Å². The molecule has 0 saturated carbocycles. The second-order valence-corrected chi connectivity index (χ2v) is 10.0. The SMILES string of the molecule is CC(NC(=O)C=Cc1ccc(S(=O)(=O)N2CCCCCC2)cc1)c1ccc(NC(N)=O)cc1. The number of hydrogen-bond acceptors (Lipinski definition) is 4. The summed E-state index contributed by atoms with van der Waals surface area (Å²) in [5, 5.41) is 5.36. The van der Waals surface area contributed by atoms with Gasteiger partial charge < -0.3 is 16.4 Å². The molecule has 1 saturated heterocycles. The van der Waals surface area contributed by atoms with Crippen LogP contribution in [-0.4, -0.2) is 37.8 Å². The van der Waals surface area contributed by atoms with E-state index in [0.29, 0.717) is 18.8 Å². The first-order chi connectivity index (χ1) is 15.8. The Bertz CT molecular complexity index is 1090. The zero-order valence-corrected chi connectivity index (χ0v) is 19.5. The van der Waals surface area contributed by atoms with Gasteiger partial charge in [-0.25, -0.2) is 13.2 Å². The summed E-state index contributed by atoms with van der Waals surface area (Å²) in [4.78, 5) is 23.5. The van der Waals surface area contributed by atoms with Crippen LogP contribution in [0.4, 0.5) is 10.5 Å². The molecule has 1 aliphatic rings. The first kappa shape index (κ1) is 24.5. The summed E-state index contributed by atoms with van der Waals surface area (Å²) in [6.07, 6.45) is 6.97. The van der Waals surface area contributed by atoms with E-state index in [1.807, 2.05) is 6.92 Å². The minimum absolute atomic E-state index is 0.245. The highest BCUT2D eigenvalue weighted by Gasteiger charge is 2.24. The van der Waals surface area contributed by atoms with Gasteiger partial charge in [0, 0.05) is 24.9 Å². The fraction of sp³-hybridized carbons (Fsp3) is 0.333. The number of carbonyl (C=O) groups is 2. The van der Waals surface area contributed by atoms with Crippen LogP contribution in [0.5, 0.6) is 0 Å². The van der Waals surface area contributed by atoms with E-state index in [1.165, 1.54) is 6.08 Å². The highest BCUT2D eigenvalue weighted by molar-refractivity contribution is 7.89. The zero-order chi connectivity index (χ0) is 23.8. The number of benzene rings is 2. The lowest BCUT2D eigenvalue weighted by molar-refractivity contribution is -0.117. The number of sulfonamides is 1. The van der Waals surface area contributed by atoms with Crippen LogP contribution in [0, 0.1) is 0 Å². The number of urea groups is 1. The highest BCUT2D eigenvalue weighted by atomic mass is 32.2. The second kappa shape index (κ2) is 11.1. The van der Waals surface area contributed by atoms with Gasteiger partial charge in [0.2, 0.25) is 15.9 Å². The van der Waals surface area contributed by atoms with E-state index in [0.717, 1.165) is 36.8 Å². The van der Waals surface area contributed by atoms with Gasteiger partial charge in [-0.05, 0) is 61.2 Å². The fourth-order valence-corrected chi connectivity index (χ4v) is 5.21. The lowest BCUT2D eigenvalue weighted by Crippen LogP contribution is -2.31. The maximum atomic E-state index is 12.9. The monoisotopic (exact) mass is 470 g/mol. The third-order valence-corrected chi connectivity index (χ3v) is 7.46. The Balaban J connectivity index is 1.58. The molecule has 9 heteroatoms. The Morgan fingerprint density at radius 2 is 1.58 bits per heavy atom. The molecule has 2 aromatic carbocycles. The first-order valence-corrected chi connectivity index (χ1v) is 12.4. The number of primary amides is 1. The number of hydrogen-bond donors (Lipinski definition) is 3. The maximum Gasteiger partial charge on any atom is 0.316 e. The van der Waals surface area contributed by atoms with E-state index in [2.05, 4.69) is 10.6 Å². The molecule has 176 valence electrons. The van der Waals surface area contributed by atoms with E-state index in [9.17, 15) is 18.0 Å². The minimum Gasteiger partial charge on any atom is -0.351 e. The van der Waals surface area contributed by atoms with Crippen LogP contribution in [0.1, 0.15) is 49.8 Å². The van der Waals surface area contributed by atoms with Crippen molar-refractivity contribution in [2.75, 3.05) is 18.4 Å². The molecule has 0 aliphatic carbocycles. The van der Waals surface area contributed by atoms with Crippen LogP contribution in [0.3, 0.4) is 0 Å². The predicted molar refractivity (Wildman–Crippen MR) is 129 cm³/mol. The standard InChI is InChI=1S/C24H30N4O4S/c1-18(20-9-11-21(12-10-20)27-24(25)30)26-23(29)15-8-19-6-13-22(14-7-19)33(31,32)28-16-4-2-3-5-17-28/h6-15,18H,2-5,16-17H2,1H3,(H,26,29)(H3,25,27,30). The average molecular weight is 471 g/mol. The lowest BCUT2D eigenvalue weighted by Gasteiger charge is -2.19. The Labute approximate surface area is 194 Å². The van der Waals surface area contributed by atoms with Crippen molar-refractivity contribution in [3.8, 4) is 0 Å². The first-order valence-electron chi connectivity index (χ1n) is 11.0. The number of nitrogens with two attached hydrogens (primary N) is 1. The Kier molecular flexibility index (Phi) is 8.24. The molecule has 1 aliphatic heterocycles. The van der Waals surface area contributed by atoms with Crippen LogP contribution in [0.15, 0.2) is 59.5 Å². The molecule has 3 rings (SSSR count). The van der Waals surface area contributed by atoms with Gasteiger partial charge in [0.05, 0.1) is 10.9 Å². The minimum atomic E-state index is -3.49. The topological polar surface area (TPSA) is 122 Å². The maximum absolute atomic E-state index is 12.9. The van der Waals surface area contributed by atoms with Crippen LogP contribution in [0.2, 0.25) is 0 Å². The summed E-state index contributed by atoms with van der Waals surface area (Å²) in [5.74, 6) is -0.275. The van der Waals surface area contributed by atoms with Crippen molar-refractivity contribution in [2.45, 2.75) is 43.5 Å². The van der Waals surface area contributed by atoms with Gasteiger partial charge in [-0.1, -0.05) is 37.1 Å². The smallest absolute Gasteiger partial charge is 0.316 e. The molecule has 0 bridgehead atoms. The molecular weight excluding hydrogens is 440 g/mol. The van der Waals surface area contributed by atoms with Crippen molar-refractivity contribution in [3.63, 3.8) is 0 Å². The molecule has 1 atom stereocenters. The number of rotatable bonds is 7. The van der Waals surface area contributed by atoms with Gasteiger partial charge in [0.1, 0.15) is 0 Å². The van der Waals surface area contributed by atoms with Crippen molar-refractivity contribution < 1.29 is 18.0 Å². The largest absolute Gasteiger partial charge is 0.351 e. The van der Waals surface area contributed by atoms with Crippen LogP contribution in [0.25, 0.3) is 6.08 Å². The lowest BCUT2D eigenvalue weighted by atomic mass is 10.1. The summed E-state index contributed by atoms with van der Waals surface area (Å²) in [7, 11) is -3.49.